The smallest absolute Gasteiger partial charge is 0.294 e. The molecule has 0 unspecified atom stereocenters. The summed E-state index contributed by atoms with van der Waals surface area (Å²) in [5.41, 5.74) is 2.73. The summed E-state index contributed by atoms with van der Waals surface area (Å²) >= 11 is 0.753. The topological polar surface area (TPSA) is 128 Å². The molecule has 39 heavy (non-hydrogen) atoms. The third-order valence-electron chi connectivity index (χ3n) is 5.56. The van der Waals surface area contributed by atoms with E-state index < -0.39 is 28.5 Å². The highest BCUT2D eigenvalue weighted by molar-refractivity contribution is 8.18. The maximum absolute atomic E-state index is 12.9. The van der Waals surface area contributed by atoms with Gasteiger partial charge in [-0.05, 0) is 72.6 Å². The number of hydrogen-bond acceptors (Lipinski definition) is 8. The van der Waals surface area contributed by atoms with Gasteiger partial charge in [-0.25, -0.2) is 0 Å². The highest BCUT2D eigenvalue weighted by atomic mass is 32.2. The number of ether oxygens (including phenoxy) is 2. The predicted octanol–water partition coefficient (Wildman–Crippen LogP) is 5.56. The minimum Gasteiger partial charge on any atom is -0.490 e. The highest BCUT2D eigenvalue weighted by Crippen LogP contribution is 2.35. The van der Waals surface area contributed by atoms with Crippen molar-refractivity contribution in [1.82, 2.24) is 4.90 Å². The number of hydrogen-bond donors (Lipinski definition) is 1. The van der Waals surface area contributed by atoms with Crippen molar-refractivity contribution >= 4 is 46.3 Å². The molecule has 0 radical (unpaired) electrons. The van der Waals surface area contributed by atoms with E-state index in [9.17, 15) is 24.5 Å². The molecule has 3 aromatic carbocycles. The lowest BCUT2D eigenvalue weighted by atomic mass is 10.1. The van der Waals surface area contributed by atoms with Crippen molar-refractivity contribution in [2.24, 2.45) is 0 Å². The number of imide groups is 1. The molecule has 0 bridgehead atoms. The van der Waals surface area contributed by atoms with Gasteiger partial charge in [0.25, 0.3) is 16.8 Å². The number of anilines is 1. The summed E-state index contributed by atoms with van der Waals surface area (Å²) in [5.74, 6) is -0.212. The number of nitrogens with zero attached hydrogens (tertiary/aromatic N) is 2. The van der Waals surface area contributed by atoms with Crippen LogP contribution >= 0.6 is 11.8 Å². The standard InChI is InChI=1S/C28H25N3O7S/c1-3-37-24-14-19(10-11-23(24)38-17-20-7-5-9-22(13-20)31(35)36)15-25-27(33)30(28(34)39-25)16-26(32)29-21-8-4-6-18(2)12-21/h4-15H,3,16-17H2,1-2H3,(H,29,32)/b25-15+. The van der Waals surface area contributed by atoms with Crippen molar-refractivity contribution in [3.63, 3.8) is 0 Å². The zero-order valence-corrected chi connectivity index (χ0v) is 22.0. The van der Waals surface area contributed by atoms with Gasteiger partial charge in [0.1, 0.15) is 13.2 Å². The third kappa shape index (κ3) is 7.02. The zero-order valence-electron chi connectivity index (χ0n) is 21.2. The molecule has 200 valence electrons. The molecule has 0 aromatic heterocycles. The van der Waals surface area contributed by atoms with Crippen LogP contribution in [0.5, 0.6) is 11.5 Å². The fourth-order valence-corrected chi connectivity index (χ4v) is 4.62. The van der Waals surface area contributed by atoms with Crippen LogP contribution in [0, 0.1) is 17.0 Å². The fourth-order valence-electron chi connectivity index (χ4n) is 3.78. The lowest BCUT2D eigenvalue weighted by Gasteiger charge is -2.13. The summed E-state index contributed by atoms with van der Waals surface area (Å²) in [6, 6.07) is 18.4. The molecule has 0 aliphatic carbocycles. The van der Waals surface area contributed by atoms with Gasteiger partial charge in [-0.3, -0.25) is 29.4 Å². The Hall–Kier alpha value is -4.64. The molecule has 1 aliphatic heterocycles. The van der Waals surface area contributed by atoms with Gasteiger partial charge in [-0.1, -0.05) is 30.3 Å². The first-order chi connectivity index (χ1) is 18.7. The SMILES string of the molecule is CCOc1cc(/C=C2/SC(=O)N(CC(=O)Nc3cccc(C)c3)C2=O)ccc1OCc1cccc([N+](=O)[O-])c1. The number of amides is 3. The molecule has 3 amide bonds. The maximum atomic E-state index is 12.9. The summed E-state index contributed by atoms with van der Waals surface area (Å²) in [6.45, 7) is 3.74. The van der Waals surface area contributed by atoms with Crippen LogP contribution in [0.3, 0.4) is 0 Å². The number of non-ortho nitro benzene ring substituents is 1. The quantitative estimate of drug-likeness (QED) is 0.199. The van der Waals surface area contributed by atoms with Crippen molar-refractivity contribution in [2.45, 2.75) is 20.5 Å². The van der Waals surface area contributed by atoms with Crippen LogP contribution in [0.2, 0.25) is 0 Å². The van der Waals surface area contributed by atoms with E-state index >= 15 is 0 Å². The van der Waals surface area contributed by atoms with Crippen molar-refractivity contribution in [2.75, 3.05) is 18.5 Å². The molecule has 0 spiro atoms. The van der Waals surface area contributed by atoms with E-state index in [1.165, 1.54) is 12.1 Å². The molecule has 1 heterocycles. The first kappa shape index (κ1) is 27.4. The minimum atomic E-state index is -0.562. The Morgan fingerprint density at radius 2 is 1.85 bits per heavy atom. The summed E-state index contributed by atoms with van der Waals surface area (Å²) in [5, 5.41) is 13.2. The zero-order chi connectivity index (χ0) is 27.9. The number of benzene rings is 3. The number of nitrogens with one attached hydrogen (secondary N) is 1. The van der Waals surface area contributed by atoms with Gasteiger partial charge in [0, 0.05) is 17.8 Å². The number of aryl methyl sites for hydroxylation is 1. The number of rotatable bonds is 10. The minimum absolute atomic E-state index is 0.0296. The molecule has 10 nitrogen and oxygen atoms in total. The molecule has 1 saturated heterocycles. The van der Waals surface area contributed by atoms with E-state index in [0.717, 1.165) is 22.2 Å². The molecule has 11 heteroatoms. The van der Waals surface area contributed by atoms with E-state index in [0.29, 0.717) is 34.9 Å². The maximum Gasteiger partial charge on any atom is 0.294 e. The molecule has 1 N–H and O–H groups in total. The highest BCUT2D eigenvalue weighted by Gasteiger charge is 2.36. The fraction of sp³-hybridized carbons (Fsp3) is 0.179. The van der Waals surface area contributed by atoms with E-state index in [4.69, 9.17) is 9.47 Å². The number of nitro groups is 1. The second-order valence-electron chi connectivity index (χ2n) is 8.54. The summed E-state index contributed by atoms with van der Waals surface area (Å²) in [6.07, 6.45) is 1.55. The summed E-state index contributed by atoms with van der Waals surface area (Å²) in [7, 11) is 0. The van der Waals surface area contributed by atoms with Gasteiger partial charge >= 0.3 is 0 Å². The number of thioether (sulfide) groups is 1. The van der Waals surface area contributed by atoms with Crippen LogP contribution in [-0.4, -0.2) is 40.0 Å². The van der Waals surface area contributed by atoms with Gasteiger partial charge in [0.2, 0.25) is 5.91 Å². The second-order valence-corrected chi connectivity index (χ2v) is 9.53. The van der Waals surface area contributed by atoms with Crippen molar-refractivity contribution in [1.29, 1.82) is 0 Å². The van der Waals surface area contributed by atoms with Crippen LogP contribution in [0.4, 0.5) is 16.2 Å². The molecular weight excluding hydrogens is 522 g/mol. The average molecular weight is 548 g/mol. The van der Waals surface area contributed by atoms with Crippen molar-refractivity contribution in [3.05, 3.63) is 98.4 Å². The monoisotopic (exact) mass is 547 g/mol. The van der Waals surface area contributed by atoms with Gasteiger partial charge in [-0.2, -0.15) is 0 Å². The van der Waals surface area contributed by atoms with Crippen LogP contribution in [0.1, 0.15) is 23.6 Å². The molecule has 3 aromatic rings. The molecule has 1 aliphatic rings. The Morgan fingerprint density at radius 3 is 2.59 bits per heavy atom. The Bertz CT molecular complexity index is 1470. The number of carbonyl (C=O) groups excluding carboxylic acids is 3. The van der Waals surface area contributed by atoms with Crippen molar-refractivity contribution < 1.29 is 28.8 Å². The van der Waals surface area contributed by atoms with Crippen LogP contribution in [0.15, 0.2) is 71.6 Å². The Morgan fingerprint density at radius 1 is 1.05 bits per heavy atom. The molecule has 4 rings (SSSR count). The van der Waals surface area contributed by atoms with Crippen LogP contribution in [-0.2, 0) is 16.2 Å². The van der Waals surface area contributed by atoms with Gasteiger partial charge in [0.05, 0.1) is 16.4 Å². The molecule has 0 saturated carbocycles. The number of nitro benzene ring substituents is 1. The molecular formula is C28H25N3O7S. The van der Waals surface area contributed by atoms with Gasteiger partial charge in [-0.15, -0.1) is 0 Å². The third-order valence-corrected chi connectivity index (χ3v) is 6.47. The second kappa shape index (κ2) is 12.3. The lowest BCUT2D eigenvalue weighted by Crippen LogP contribution is -2.36. The van der Waals surface area contributed by atoms with E-state index in [-0.39, 0.29) is 17.2 Å². The van der Waals surface area contributed by atoms with Crippen LogP contribution in [0.25, 0.3) is 6.08 Å². The van der Waals surface area contributed by atoms with Crippen molar-refractivity contribution in [3.8, 4) is 11.5 Å². The Labute approximate surface area is 228 Å². The Kier molecular flexibility index (Phi) is 8.62. The van der Waals surface area contributed by atoms with Gasteiger partial charge in [0.15, 0.2) is 11.5 Å². The van der Waals surface area contributed by atoms with E-state index in [1.807, 2.05) is 19.9 Å². The largest absolute Gasteiger partial charge is 0.490 e. The molecule has 0 atom stereocenters. The first-order valence-corrected chi connectivity index (χ1v) is 12.8. The van der Waals surface area contributed by atoms with E-state index in [2.05, 4.69) is 5.32 Å². The van der Waals surface area contributed by atoms with Crippen LogP contribution < -0.4 is 14.8 Å². The van der Waals surface area contributed by atoms with E-state index in [1.54, 1.807) is 54.6 Å². The average Bonchev–Trinajstić information content (AvgIpc) is 3.15. The summed E-state index contributed by atoms with van der Waals surface area (Å²) < 4.78 is 11.5. The number of carbonyl (C=O) groups is 3. The predicted molar refractivity (Wildman–Crippen MR) is 148 cm³/mol. The Balaban J connectivity index is 1.45. The molecule has 1 fully saturated rings. The first-order valence-electron chi connectivity index (χ1n) is 12.0. The summed E-state index contributed by atoms with van der Waals surface area (Å²) in [4.78, 5) is 49.5. The normalized spacial score (nSPS) is 14.0. The van der Waals surface area contributed by atoms with Gasteiger partial charge < -0.3 is 14.8 Å². The lowest BCUT2D eigenvalue weighted by molar-refractivity contribution is -0.384.